The van der Waals surface area contributed by atoms with Gasteiger partial charge in [-0.25, -0.2) is 4.79 Å². The fourth-order valence-electron chi connectivity index (χ4n) is 2.55. The molecule has 2 amide bonds. The van der Waals surface area contributed by atoms with Crippen LogP contribution in [0.5, 0.6) is 0 Å². The van der Waals surface area contributed by atoms with Gasteiger partial charge in [0.2, 0.25) is 0 Å². The standard InChI is InChI=1S/C16H24N2O2/c1-12(2)14-5-7-15(8-6-14)17-16(20)18-9-3-4-13(10-18)11-19/h5-8,12-13,19H,3-4,9-11H2,1-2H3,(H,17,20). The molecular formula is C16H24N2O2. The van der Waals surface area contributed by atoms with E-state index < -0.39 is 0 Å². The van der Waals surface area contributed by atoms with Crippen molar-refractivity contribution in [1.29, 1.82) is 0 Å². The van der Waals surface area contributed by atoms with E-state index >= 15 is 0 Å². The molecule has 0 aromatic heterocycles. The zero-order valence-electron chi connectivity index (χ0n) is 12.3. The predicted octanol–water partition coefficient (Wildman–Crippen LogP) is 3.05. The van der Waals surface area contributed by atoms with Gasteiger partial charge >= 0.3 is 6.03 Å². The first-order valence-electron chi connectivity index (χ1n) is 7.37. The molecule has 0 spiro atoms. The Morgan fingerprint density at radius 1 is 1.40 bits per heavy atom. The minimum atomic E-state index is -0.0690. The monoisotopic (exact) mass is 276 g/mol. The Morgan fingerprint density at radius 2 is 2.10 bits per heavy atom. The highest BCUT2D eigenvalue weighted by Crippen LogP contribution is 2.19. The van der Waals surface area contributed by atoms with E-state index in [-0.39, 0.29) is 18.6 Å². The number of amides is 2. The highest BCUT2D eigenvalue weighted by atomic mass is 16.3. The molecule has 1 aromatic carbocycles. The van der Waals surface area contributed by atoms with Crippen molar-refractivity contribution < 1.29 is 9.90 Å². The van der Waals surface area contributed by atoms with Gasteiger partial charge in [-0.1, -0.05) is 26.0 Å². The molecule has 4 nitrogen and oxygen atoms in total. The maximum atomic E-state index is 12.2. The Morgan fingerprint density at radius 3 is 2.70 bits per heavy atom. The van der Waals surface area contributed by atoms with E-state index in [0.717, 1.165) is 25.1 Å². The Balaban J connectivity index is 1.93. The van der Waals surface area contributed by atoms with Crippen LogP contribution >= 0.6 is 0 Å². The van der Waals surface area contributed by atoms with Crippen molar-refractivity contribution in [3.05, 3.63) is 29.8 Å². The first-order chi connectivity index (χ1) is 9.60. The molecule has 20 heavy (non-hydrogen) atoms. The van der Waals surface area contributed by atoms with Gasteiger partial charge in [0.05, 0.1) is 0 Å². The molecule has 110 valence electrons. The number of likely N-dealkylation sites (tertiary alicyclic amines) is 1. The van der Waals surface area contributed by atoms with Crippen LogP contribution < -0.4 is 5.32 Å². The predicted molar refractivity (Wildman–Crippen MR) is 80.9 cm³/mol. The van der Waals surface area contributed by atoms with E-state index in [1.165, 1.54) is 5.56 Å². The highest BCUT2D eigenvalue weighted by molar-refractivity contribution is 5.89. The van der Waals surface area contributed by atoms with Gasteiger partial charge < -0.3 is 15.3 Å². The van der Waals surface area contributed by atoms with Gasteiger partial charge in [-0.15, -0.1) is 0 Å². The van der Waals surface area contributed by atoms with Crippen molar-refractivity contribution >= 4 is 11.7 Å². The van der Waals surface area contributed by atoms with Gasteiger partial charge in [0.1, 0.15) is 0 Å². The summed E-state index contributed by atoms with van der Waals surface area (Å²) in [5.41, 5.74) is 2.09. The van der Waals surface area contributed by atoms with Gasteiger partial charge in [0.25, 0.3) is 0 Å². The fraction of sp³-hybridized carbons (Fsp3) is 0.562. The van der Waals surface area contributed by atoms with E-state index in [2.05, 4.69) is 19.2 Å². The molecular weight excluding hydrogens is 252 g/mol. The lowest BCUT2D eigenvalue weighted by atomic mass is 9.99. The Hall–Kier alpha value is -1.55. The van der Waals surface area contributed by atoms with E-state index in [0.29, 0.717) is 12.5 Å². The van der Waals surface area contributed by atoms with Crippen molar-refractivity contribution in [2.75, 3.05) is 25.0 Å². The molecule has 1 unspecified atom stereocenters. The lowest BCUT2D eigenvalue weighted by Gasteiger charge is -2.31. The SMILES string of the molecule is CC(C)c1ccc(NC(=O)N2CCCC(CO)C2)cc1. The van der Waals surface area contributed by atoms with Crippen LogP contribution in [0.2, 0.25) is 0 Å². The van der Waals surface area contributed by atoms with Crippen LogP contribution in [0.15, 0.2) is 24.3 Å². The summed E-state index contributed by atoms with van der Waals surface area (Å²) in [6.07, 6.45) is 1.97. The molecule has 0 aliphatic carbocycles. The lowest BCUT2D eigenvalue weighted by Crippen LogP contribution is -2.43. The maximum absolute atomic E-state index is 12.2. The summed E-state index contributed by atoms with van der Waals surface area (Å²) in [5.74, 6) is 0.713. The largest absolute Gasteiger partial charge is 0.396 e. The maximum Gasteiger partial charge on any atom is 0.321 e. The number of carbonyl (C=O) groups is 1. The second kappa shape index (κ2) is 6.75. The van der Waals surface area contributed by atoms with Crippen molar-refractivity contribution in [3.8, 4) is 0 Å². The summed E-state index contributed by atoms with van der Waals surface area (Å²) < 4.78 is 0. The molecule has 1 fully saturated rings. The summed E-state index contributed by atoms with van der Waals surface area (Å²) in [6, 6.07) is 7.92. The molecule has 0 saturated carbocycles. The highest BCUT2D eigenvalue weighted by Gasteiger charge is 2.23. The summed E-state index contributed by atoms with van der Waals surface area (Å²) in [4.78, 5) is 14.0. The summed E-state index contributed by atoms with van der Waals surface area (Å²) >= 11 is 0. The number of anilines is 1. The Kier molecular flexibility index (Phi) is 5.01. The Bertz CT molecular complexity index is 442. The molecule has 4 heteroatoms. The molecule has 1 aliphatic rings. The summed E-state index contributed by atoms with van der Waals surface area (Å²) in [7, 11) is 0. The van der Waals surface area contributed by atoms with Crippen LogP contribution in [0.4, 0.5) is 10.5 Å². The van der Waals surface area contributed by atoms with Gasteiger partial charge in [-0.3, -0.25) is 0 Å². The van der Waals surface area contributed by atoms with Gasteiger partial charge in [0.15, 0.2) is 0 Å². The zero-order valence-corrected chi connectivity index (χ0v) is 12.3. The number of urea groups is 1. The number of aliphatic hydroxyl groups is 1. The van der Waals surface area contributed by atoms with Crippen molar-refractivity contribution in [3.63, 3.8) is 0 Å². The fourth-order valence-corrected chi connectivity index (χ4v) is 2.55. The third-order valence-electron chi connectivity index (χ3n) is 3.89. The number of benzene rings is 1. The van der Waals surface area contributed by atoms with Gasteiger partial charge in [0, 0.05) is 25.4 Å². The molecule has 0 bridgehead atoms. The van der Waals surface area contributed by atoms with E-state index in [4.69, 9.17) is 0 Å². The number of rotatable bonds is 3. The number of hydrogen-bond acceptors (Lipinski definition) is 2. The minimum absolute atomic E-state index is 0.0690. The Labute approximate surface area is 120 Å². The third kappa shape index (κ3) is 3.73. The number of aliphatic hydroxyl groups excluding tert-OH is 1. The van der Waals surface area contributed by atoms with Crippen molar-refractivity contribution in [1.82, 2.24) is 4.90 Å². The molecule has 1 heterocycles. The van der Waals surface area contributed by atoms with E-state index in [9.17, 15) is 9.90 Å². The molecule has 0 radical (unpaired) electrons. The molecule has 1 atom stereocenters. The second-order valence-electron chi connectivity index (χ2n) is 5.84. The van der Waals surface area contributed by atoms with Gasteiger partial charge in [-0.2, -0.15) is 0 Å². The topological polar surface area (TPSA) is 52.6 Å². The quantitative estimate of drug-likeness (QED) is 0.891. The number of piperidine rings is 1. The number of nitrogens with zero attached hydrogens (tertiary/aromatic N) is 1. The summed E-state index contributed by atoms with van der Waals surface area (Å²) in [5, 5.41) is 12.1. The molecule has 1 aromatic rings. The summed E-state index contributed by atoms with van der Waals surface area (Å²) in [6.45, 7) is 5.87. The third-order valence-corrected chi connectivity index (χ3v) is 3.89. The zero-order chi connectivity index (χ0) is 14.5. The molecule has 1 aliphatic heterocycles. The van der Waals surface area contributed by atoms with Crippen LogP contribution in [0.1, 0.15) is 38.2 Å². The molecule has 1 saturated heterocycles. The van der Waals surface area contributed by atoms with Crippen LogP contribution in [0.25, 0.3) is 0 Å². The number of carbonyl (C=O) groups excluding carboxylic acids is 1. The first-order valence-corrected chi connectivity index (χ1v) is 7.37. The van der Waals surface area contributed by atoms with Crippen LogP contribution in [0.3, 0.4) is 0 Å². The van der Waals surface area contributed by atoms with Crippen molar-refractivity contribution in [2.24, 2.45) is 5.92 Å². The van der Waals surface area contributed by atoms with Crippen LogP contribution in [-0.2, 0) is 0 Å². The smallest absolute Gasteiger partial charge is 0.321 e. The van der Waals surface area contributed by atoms with Crippen LogP contribution in [0, 0.1) is 5.92 Å². The first kappa shape index (κ1) is 14.9. The van der Waals surface area contributed by atoms with Gasteiger partial charge in [-0.05, 0) is 42.4 Å². The van der Waals surface area contributed by atoms with Crippen molar-refractivity contribution in [2.45, 2.75) is 32.6 Å². The average molecular weight is 276 g/mol. The molecule has 2 rings (SSSR count). The normalized spacial score (nSPS) is 19.2. The van der Waals surface area contributed by atoms with E-state index in [1.807, 2.05) is 24.3 Å². The average Bonchev–Trinajstić information content (AvgIpc) is 2.47. The van der Waals surface area contributed by atoms with Crippen LogP contribution in [-0.4, -0.2) is 35.7 Å². The van der Waals surface area contributed by atoms with E-state index in [1.54, 1.807) is 4.90 Å². The second-order valence-corrected chi connectivity index (χ2v) is 5.84. The number of hydrogen-bond donors (Lipinski definition) is 2. The molecule has 2 N–H and O–H groups in total. The minimum Gasteiger partial charge on any atom is -0.396 e. The lowest BCUT2D eigenvalue weighted by molar-refractivity contribution is 0.136. The number of nitrogens with one attached hydrogen (secondary N) is 1.